The minimum atomic E-state index is 0.689. The van der Waals surface area contributed by atoms with Crippen LogP contribution in [0.2, 0.25) is 0 Å². The molecular formula is C18H29BrN2. The second-order valence-corrected chi connectivity index (χ2v) is 7.35. The molecule has 0 radical (unpaired) electrons. The number of hydrogen-bond donors (Lipinski definition) is 1. The Labute approximate surface area is 138 Å². The molecule has 1 fully saturated rings. The van der Waals surface area contributed by atoms with Gasteiger partial charge in [-0.25, -0.2) is 0 Å². The van der Waals surface area contributed by atoms with Crippen LogP contribution in [-0.4, -0.2) is 19.6 Å². The van der Waals surface area contributed by atoms with E-state index in [0.717, 1.165) is 19.0 Å². The van der Waals surface area contributed by atoms with E-state index in [1.807, 2.05) is 0 Å². The number of nitrogens with one attached hydrogen (secondary N) is 1. The van der Waals surface area contributed by atoms with E-state index in [9.17, 15) is 0 Å². The SMILES string of the molecule is CCCNCc1ccc(N(C)C2CCCC(C)C2)c(Br)c1. The van der Waals surface area contributed by atoms with Gasteiger partial charge >= 0.3 is 0 Å². The summed E-state index contributed by atoms with van der Waals surface area (Å²) in [5, 5.41) is 3.46. The maximum absolute atomic E-state index is 3.77. The molecule has 2 nitrogen and oxygen atoms in total. The quantitative estimate of drug-likeness (QED) is 0.727. The molecule has 2 atom stereocenters. The summed E-state index contributed by atoms with van der Waals surface area (Å²) in [6.45, 7) is 6.62. The Morgan fingerprint density at radius 2 is 2.14 bits per heavy atom. The Hall–Kier alpha value is -0.540. The molecule has 118 valence electrons. The molecule has 1 aliphatic rings. The second kappa shape index (κ2) is 8.19. The highest BCUT2D eigenvalue weighted by molar-refractivity contribution is 9.10. The van der Waals surface area contributed by atoms with Gasteiger partial charge in [0.1, 0.15) is 0 Å². The normalized spacial score (nSPS) is 22.3. The lowest BCUT2D eigenvalue weighted by molar-refractivity contribution is 0.336. The topological polar surface area (TPSA) is 15.3 Å². The predicted molar refractivity (Wildman–Crippen MR) is 96.0 cm³/mol. The molecule has 0 aliphatic heterocycles. The highest BCUT2D eigenvalue weighted by atomic mass is 79.9. The third-order valence-electron chi connectivity index (χ3n) is 4.60. The van der Waals surface area contributed by atoms with E-state index in [1.54, 1.807) is 0 Å². The van der Waals surface area contributed by atoms with Crippen LogP contribution in [0.1, 0.15) is 51.5 Å². The van der Waals surface area contributed by atoms with Crippen molar-refractivity contribution in [2.75, 3.05) is 18.5 Å². The summed E-state index contributed by atoms with van der Waals surface area (Å²) in [5.41, 5.74) is 2.68. The number of nitrogens with zero attached hydrogens (tertiary/aromatic N) is 1. The zero-order chi connectivity index (χ0) is 15.2. The molecule has 0 bridgehead atoms. The molecule has 0 amide bonds. The van der Waals surface area contributed by atoms with Crippen LogP contribution < -0.4 is 10.2 Å². The minimum Gasteiger partial charge on any atom is -0.371 e. The van der Waals surface area contributed by atoms with E-state index in [0.29, 0.717) is 6.04 Å². The fourth-order valence-corrected chi connectivity index (χ4v) is 4.01. The van der Waals surface area contributed by atoms with E-state index in [4.69, 9.17) is 0 Å². The van der Waals surface area contributed by atoms with Crippen LogP contribution in [0.15, 0.2) is 22.7 Å². The summed E-state index contributed by atoms with van der Waals surface area (Å²) < 4.78 is 1.22. The van der Waals surface area contributed by atoms with Crippen LogP contribution in [0, 0.1) is 5.92 Å². The molecular weight excluding hydrogens is 324 g/mol. The van der Waals surface area contributed by atoms with E-state index < -0.39 is 0 Å². The zero-order valence-corrected chi connectivity index (χ0v) is 15.2. The molecule has 3 heteroatoms. The number of benzene rings is 1. The average molecular weight is 353 g/mol. The lowest BCUT2D eigenvalue weighted by atomic mass is 9.86. The summed E-state index contributed by atoms with van der Waals surface area (Å²) in [5.74, 6) is 0.863. The zero-order valence-electron chi connectivity index (χ0n) is 13.7. The Balaban J connectivity index is 2.02. The van der Waals surface area contributed by atoms with Crippen molar-refractivity contribution in [3.8, 4) is 0 Å². The van der Waals surface area contributed by atoms with Crippen molar-refractivity contribution in [1.29, 1.82) is 0 Å². The van der Waals surface area contributed by atoms with Crippen LogP contribution in [0.5, 0.6) is 0 Å². The van der Waals surface area contributed by atoms with Crippen molar-refractivity contribution in [1.82, 2.24) is 5.32 Å². The van der Waals surface area contributed by atoms with Crippen LogP contribution in [0.3, 0.4) is 0 Å². The molecule has 1 saturated carbocycles. The van der Waals surface area contributed by atoms with E-state index in [-0.39, 0.29) is 0 Å². The highest BCUT2D eigenvalue weighted by Gasteiger charge is 2.23. The fourth-order valence-electron chi connectivity index (χ4n) is 3.31. The van der Waals surface area contributed by atoms with Gasteiger partial charge in [-0.1, -0.05) is 32.8 Å². The van der Waals surface area contributed by atoms with Gasteiger partial charge in [0.2, 0.25) is 0 Å². The van der Waals surface area contributed by atoms with Crippen molar-refractivity contribution >= 4 is 21.6 Å². The third kappa shape index (κ3) is 4.72. The van der Waals surface area contributed by atoms with Crippen LogP contribution in [0.25, 0.3) is 0 Å². The first kappa shape index (κ1) is 16.8. The molecule has 1 N–H and O–H groups in total. The van der Waals surface area contributed by atoms with E-state index >= 15 is 0 Å². The van der Waals surface area contributed by atoms with Crippen molar-refractivity contribution in [2.24, 2.45) is 5.92 Å². The summed E-state index contributed by atoms with van der Waals surface area (Å²) in [7, 11) is 2.25. The summed E-state index contributed by atoms with van der Waals surface area (Å²) in [6.07, 6.45) is 6.60. The third-order valence-corrected chi connectivity index (χ3v) is 5.24. The molecule has 1 aromatic carbocycles. The molecule has 1 aliphatic carbocycles. The number of anilines is 1. The summed E-state index contributed by atoms with van der Waals surface area (Å²) >= 11 is 3.77. The molecule has 1 aromatic rings. The monoisotopic (exact) mass is 352 g/mol. The Kier molecular flexibility index (Phi) is 6.56. The molecule has 0 aromatic heterocycles. The van der Waals surface area contributed by atoms with Gasteiger partial charge in [0.05, 0.1) is 5.69 Å². The highest BCUT2D eigenvalue weighted by Crippen LogP contribution is 2.33. The standard InChI is InChI=1S/C18H29BrN2/c1-4-10-20-13-15-8-9-18(17(19)12-15)21(3)16-7-5-6-14(2)11-16/h8-9,12,14,16,20H,4-7,10-11,13H2,1-3H3. The summed E-state index contributed by atoms with van der Waals surface area (Å²) in [4.78, 5) is 2.48. The number of rotatable bonds is 6. The molecule has 0 heterocycles. The summed E-state index contributed by atoms with van der Waals surface area (Å²) in [6, 6.07) is 7.48. The van der Waals surface area contributed by atoms with Crippen molar-refractivity contribution < 1.29 is 0 Å². The molecule has 2 unspecified atom stereocenters. The van der Waals surface area contributed by atoms with Gasteiger partial charge in [-0.05, 0) is 65.4 Å². The van der Waals surface area contributed by atoms with Crippen LogP contribution >= 0.6 is 15.9 Å². The van der Waals surface area contributed by atoms with Gasteiger partial charge < -0.3 is 10.2 Å². The van der Waals surface area contributed by atoms with Gasteiger partial charge in [0.15, 0.2) is 0 Å². The van der Waals surface area contributed by atoms with Crippen molar-refractivity contribution in [3.05, 3.63) is 28.2 Å². The van der Waals surface area contributed by atoms with Gasteiger partial charge in [0, 0.05) is 24.1 Å². The molecule has 2 rings (SSSR count). The molecule has 0 saturated heterocycles. The predicted octanol–water partition coefficient (Wildman–Crippen LogP) is 4.96. The van der Waals surface area contributed by atoms with E-state index in [2.05, 4.69) is 65.2 Å². The smallest absolute Gasteiger partial charge is 0.0510 e. The van der Waals surface area contributed by atoms with Gasteiger partial charge in [-0.2, -0.15) is 0 Å². The number of hydrogen-bond acceptors (Lipinski definition) is 2. The lowest BCUT2D eigenvalue weighted by Crippen LogP contribution is -2.35. The van der Waals surface area contributed by atoms with Crippen molar-refractivity contribution in [3.63, 3.8) is 0 Å². The maximum Gasteiger partial charge on any atom is 0.0510 e. The first-order valence-corrected chi connectivity index (χ1v) is 9.13. The van der Waals surface area contributed by atoms with Crippen LogP contribution in [-0.2, 0) is 6.54 Å². The van der Waals surface area contributed by atoms with Crippen LogP contribution in [0.4, 0.5) is 5.69 Å². The maximum atomic E-state index is 3.77. The molecule has 0 spiro atoms. The van der Waals surface area contributed by atoms with Gasteiger partial charge in [-0.3, -0.25) is 0 Å². The largest absolute Gasteiger partial charge is 0.371 e. The van der Waals surface area contributed by atoms with E-state index in [1.165, 1.54) is 47.8 Å². The first-order valence-electron chi connectivity index (χ1n) is 8.33. The average Bonchev–Trinajstić information content (AvgIpc) is 2.47. The van der Waals surface area contributed by atoms with Gasteiger partial charge in [0.25, 0.3) is 0 Å². The number of halogens is 1. The van der Waals surface area contributed by atoms with Gasteiger partial charge in [-0.15, -0.1) is 0 Å². The minimum absolute atomic E-state index is 0.689. The Morgan fingerprint density at radius 3 is 2.81 bits per heavy atom. The second-order valence-electron chi connectivity index (χ2n) is 6.50. The Bertz CT molecular complexity index is 447. The Morgan fingerprint density at radius 1 is 1.33 bits per heavy atom. The van der Waals surface area contributed by atoms with Crippen molar-refractivity contribution in [2.45, 2.75) is 58.5 Å². The fraction of sp³-hybridized carbons (Fsp3) is 0.667. The lowest BCUT2D eigenvalue weighted by Gasteiger charge is -2.36. The molecule has 21 heavy (non-hydrogen) atoms. The first-order chi connectivity index (χ1) is 10.1.